The zero-order chi connectivity index (χ0) is 13.9. The fraction of sp³-hybridized carbons (Fsp3) is 0.143. The minimum absolute atomic E-state index is 0.267. The molecule has 0 aliphatic heterocycles. The SMILES string of the molecule is CC(N=[N+]=[N-])c1cc2ccccn2c1-c1cnccn1. The highest BCUT2D eigenvalue weighted by Gasteiger charge is 2.17. The molecule has 0 aliphatic rings. The Hall–Kier alpha value is -2.85. The highest BCUT2D eigenvalue weighted by molar-refractivity contribution is 5.69. The van der Waals surface area contributed by atoms with Crippen LogP contribution in [0.2, 0.25) is 0 Å². The van der Waals surface area contributed by atoms with Crippen LogP contribution < -0.4 is 0 Å². The molecule has 0 saturated carbocycles. The topological polar surface area (TPSA) is 79.0 Å². The van der Waals surface area contributed by atoms with Crippen LogP contribution in [0.4, 0.5) is 0 Å². The fourth-order valence-electron chi connectivity index (χ4n) is 2.30. The maximum atomic E-state index is 8.66. The third-order valence-corrected chi connectivity index (χ3v) is 3.19. The third kappa shape index (κ3) is 1.98. The first-order valence-corrected chi connectivity index (χ1v) is 6.22. The van der Waals surface area contributed by atoms with Gasteiger partial charge in [0.15, 0.2) is 0 Å². The van der Waals surface area contributed by atoms with Crippen molar-refractivity contribution >= 4 is 5.52 Å². The lowest BCUT2D eigenvalue weighted by Gasteiger charge is -2.08. The molecule has 0 saturated heterocycles. The predicted molar refractivity (Wildman–Crippen MR) is 76.0 cm³/mol. The summed E-state index contributed by atoms with van der Waals surface area (Å²) in [6.45, 7) is 1.87. The van der Waals surface area contributed by atoms with Crippen LogP contribution in [-0.4, -0.2) is 14.4 Å². The monoisotopic (exact) mass is 264 g/mol. The molecule has 98 valence electrons. The van der Waals surface area contributed by atoms with Crippen molar-refractivity contribution in [3.05, 3.63) is 65.1 Å². The molecular formula is C14H12N6. The highest BCUT2D eigenvalue weighted by atomic mass is 15.1. The molecule has 0 aromatic carbocycles. The van der Waals surface area contributed by atoms with Gasteiger partial charge in [0.05, 0.1) is 17.9 Å². The van der Waals surface area contributed by atoms with Crippen molar-refractivity contribution in [2.75, 3.05) is 0 Å². The minimum Gasteiger partial charge on any atom is -0.315 e. The second kappa shape index (κ2) is 5.03. The van der Waals surface area contributed by atoms with Gasteiger partial charge in [-0.3, -0.25) is 9.97 Å². The molecule has 0 amide bonds. The molecule has 20 heavy (non-hydrogen) atoms. The molecule has 0 radical (unpaired) electrons. The number of rotatable bonds is 3. The van der Waals surface area contributed by atoms with Crippen LogP contribution in [0.1, 0.15) is 18.5 Å². The van der Waals surface area contributed by atoms with Crippen LogP contribution in [0.25, 0.3) is 27.3 Å². The second-order valence-electron chi connectivity index (χ2n) is 4.42. The first kappa shape index (κ1) is 12.2. The van der Waals surface area contributed by atoms with Crippen LogP contribution in [0, 0.1) is 0 Å². The first-order chi connectivity index (χ1) is 9.81. The summed E-state index contributed by atoms with van der Waals surface area (Å²) in [4.78, 5) is 11.4. The Morgan fingerprint density at radius 1 is 1.35 bits per heavy atom. The van der Waals surface area contributed by atoms with Gasteiger partial charge in [0, 0.05) is 29.0 Å². The summed E-state index contributed by atoms with van der Waals surface area (Å²) >= 11 is 0. The summed E-state index contributed by atoms with van der Waals surface area (Å²) in [5.74, 6) is 0. The van der Waals surface area contributed by atoms with E-state index in [0.29, 0.717) is 0 Å². The van der Waals surface area contributed by atoms with Gasteiger partial charge in [0.25, 0.3) is 0 Å². The molecule has 3 heterocycles. The zero-order valence-corrected chi connectivity index (χ0v) is 10.9. The molecule has 3 aromatic rings. The quantitative estimate of drug-likeness (QED) is 0.410. The van der Waals surface area contributed by atoms with Crippen molar-refractivity contribution in [1.82, 2.24) is 14.4 Å². The predicted octanol–water partition coefficient (Wildman–Crippen LogP) is 3.77. The molecule has 3 rings (SSSR count). The standard InChI is InChI=1S/C14H12N6/c1-10(18-19-15)12-8-11-4-2-3-7-20(11)14(12)13-9-16-5-6-17-13/h2-10H,1H3. The fourth-order valence-corrected chi connectivity index (χ4v) is 2.30. The van der Waals surface area contributed by atoms with Crippen molar-refractivity contribution in [2.24, 2.45) is 5.11 Å². The third-order valence-electron chi connectivity index (χ3n) is 3.19. The van der Waals surface area contributed by atoms with Crippen molar-refractivity contribution in [3.63, 3.8) is 0 Å². The van der Waals surface area contributed by atoms with Crippen molar-refractivity contribution in [2.45, 2.75) is 13.0 Å². The number of hydrogen-bond donors (Lipinski definition) is 0. The highest BCUT2D eigenvalue weighted by Crippen LogP contribution is 2.31. The summed E-state index contributed by atoms with van der Waals surface area (Å²) in [6.07, 6.45) is 6.96. The summed E-state index contributed by atoms with van der Waals surface area (Å²) in [5, 5.41) is 3.80. The first-order valence-electron chi connectivity index (χ1n) is 6.22. The van der Waals surface area contributed by atoms with E-state index < -0.39 is 0 Å². The molecule has 0 N–H and O–H groups in total. The molecule has 6 nitrogen and oxygen atoms in total. The Morgan fingerprint density at radius 2 is 2.25 bits per heavy atom. The van der Waals surface area contributed by atoms with Gasteiger partial charge in [-0.05, 0) is 29.3 Å². The van der Waals surface area contributed by atoms with E-state index in [9.17, 15) is 0 Å². The van der Waals surface area contributed by atoms with Gasteiger partial charge < -0.3 is 4.40 Å². The van der Waals surface area contributed by atoms with E-state index in [4.69, 9.17) is 5.53 Å². The van der Waals surface area contributed by atoms with Crippen molar-refractivity contribution in [3.8, 4) is 11.4 Å². The van der Waals surface area contributed by atoms with E-state index in [1.165, 1.54) is 0 Å². The molecule has 0 spiro atoms. The zero-order valence-electron chi connectivity index (χ0n) is 10.9. The molecule has 0 aliphatic carbocycles. The average Bonchev–Trinajstić information content (AvgIpc) is 2.88. The lowest BCUT2D eigenvalue weighted by molar-refractivity contribution is 0.809. The lowest BCUT2D eigenvalue weighted by Crippen LogP contribution is -1.95. The Balaban J connectivity index is 2.32. The molecule has 3 aromatic heterocycles. The van der Waals surface area contributed by atoms with Gasteiger partial charge in [-0.2, -0.15) is 0 Å². The summed E-state index contributed by atoms with van der Waals surface area (Å²) in [6, 6.07) is 7.68. The van der Waals surface area contributed by atoms with Crippen LogP contribution in [0.15, 0.2) is 54.2 Å². The Morgan fingerprint density at radius 3 is 3.00 bits per heavy atom. The average molecular weight is 264 g/mol. The molecule has 6 heteroatoms. The van der Waals surface area contributed by atoms with E-state index in [-0.39, 0.29) is 6.04 Å². The number of nitrogens with zero attached hydrogens (tertiary/aromatic N) is 6. The van der Waals surface area contributed by atoms with Crippen LogP contribution in [0.3, 0.4) is 0 Å². The molecular weight excluding hydrogens is 252 g/mol. The van der Waals surface area contributed by atoms with Crippen molar-refractivity contribution < 1.29 is 0 Å². The van der Waals surface area contributed by atoms with E-state index >= 15 is 0 Å². The van der Waals surface area contributed by atoms with Gasteiger partial charge in [0.1, 0.15) is 5.69 Å². The number of pyridine rings is 1. The van der Waals surface area contributed by atoms with Crippen LogP contribution in [0.5, 0.6) is 0 Å². The van der Waals surface area contributed by atoms with E-state index in [1.807, 2.05) is 41.8 Å². The Bertz CT molecular complexity index is 786. The largest absolute Gasteiger partial charge is 0.315 e. The normalized spacial score (nSPS) is 12.1. The number of hydrogen-bond acceptors (Lipinski definition) is 3. The molecule has 1 unspecified atom stereocenters. The van der Waals surface area contributed by atoms with E-state index in [0.717, 1.165) is 22.5 Å². The van der Waals surface area contributed by atoms with Crippen LogP contribution in [-0.2, 0) is 0 Å². The molecule has 1 atom stereocenters. The number of fused-ring (bicyclic) bond motifs is 1. The smallest absolute Gasteiger partial charge is 0.106 e. The Labute approximate surface area is 115 Å². The van der Waals surface area contributed by atoms with E-state index in [1.54, 1.807) is 18.6 Å². The Kier molecular flexibility index (Phi) is 3.07. The molecule has 0 fully saturated rings. The maximum Gasteiger partial charge on any atom is 0.106 e. The van der Waals surface area contributed by atoms with Gasteiger partial charge in [-0.15, -0.1) is 0 Å². The maximum absolute atomic E-state index is 8.66. The van der Waals surface area contributed by atoms with Gasteiger partial charge in [-0.25, -0.2) is 0 Å². The summed E-state index contributed by atoms with van der Waals surface area (Å²) in [5.41, 5.74) is 12.3. The van der Waals surface area contributed by atoms with Gasteiger partial charge >= 0.3 is 0 Å². The lowest BCUT2D eigenvalue weighted by atomic mass is 10.1. The summed E-state index contributed by atoms with van der Waals surface area (Å²) in [7, 11) is 0. The van der Waals surface area contributed by atoms with E-state index in [2.05, 4.69) is 20.0 Å². The molecule has 0 bridgehead atoms. The van der Waals surface area contributed by atoms with Gasteiger partial charge in [-0.1, -0.05) is 18.1 Å². The minimum atomic E-state index is -0.267. The number of aromatic nitrogens is 3. The summed E-state index contributed by atoms with van der Waals surface area (Å²) < 4.78 is 2.03. The number of azide groups is 1. The second-order valence-corrected chi connectivity index (χ2v) is 4.42. The van der Waals surface area contributed by atoms with Crippen LogP contribution >= 0.6 is 0 Å². The van der Waals surface area contributed by atoms with Crippen molar-refractivity contribution in [1.29, 1.82) is 0 Å². The van der Waals surface area contributed by atoms with Gasteiger partial charge in [0.2, 0.25) is 0 Å².